The molecule has 3 fully saturated rings. The molecule has 166 valence electrons. The van der Waals surface area contributed by atoms with Gasteiger partial charge in [-0.3, -0.25) is 9.59 Å². The van der Waals surface area contributed by atoms with Crippen LogP contribution in [0.3, 0.4) is 0 Å². The SMILES string of the molecule is CC1=C(O)C(=O)C=C2C1=CC=C1[C@@]2(C)CC[C@@]2(C)C3CC(C)C(=O)C[C@]3(C)CC[C@]12C. The van der Waals surface area contributed by atoms with Crippen molar-refractivity contribution in [3.8, 4) is 0 Å². The van der Waals surface area contributed by atoms with Crippen LogP contribution in [0.5, 0.6) is 0 Å². The van der Waals surface area contributed by atoms with Crippen molar-refractivity contribution >= 4 is 11.6 Å². The zero-order chi connectivity index (χ0) is 22.6. The highest BCUT2D eigenvalue weighted by atomic mass is 16.3. The molecule has 3 heteroatoms. The molecule has 0 aromatic heterocycles. The van der Waals surface area contributed by atoms with Gasteiger partial charge in [-0.1, -0.05) is 52.3 Å². The average Bonchev–Trinajstić information content (AvgIpc) is 2.71. The second kappa shape index (κ2) is 6.11. The predicted octanol–water partition coefficient (Wildman–Crippen LogP) is 6.42. The molecule has 0 bridgehead atoms. The summed E-state index contributed by atoms with van der Waals surface area (Å²) in [6.07, 6.45) is 12.2. The van der Waals surface area contributed by atoms with Crippen LogP contribution < -0.4 is 0 Å². The van der Waals surface area contributed by atoms with Gasteiger partial charge >= 0.3 is 0 Å². The Balaban J connectivity index is 1.65. The number of Topliss-reactive ketones (excluding diaryl/α,β-unsaturated/α-hetero) is 1. The van der Waals surface area contributed by atoms with Crippen LogP contribution in [0.25, 0.3) is 0 Å². The summed E-state index contributed by atoms with van der Waals surface area (Å²) < 4.78 is 0. The number of allylic oxidation sites excluding steroid dienone is 7. The molecule has 5 aliphatic carbocycles. The summed E-state index contributed by atoms with van der Waals surface area (Å²) in [6, 6.07) is 0. The van der Waals surface area contributed by atoms with Crippen molar-refractivity contribution in [2.45, 2.75) is 80.1 Å². The van der Waals surface area contributed by atoms with Gasteiger partial charge in [0.15, 0.2) is 5.76 Å². The zero-order valence-corrected chi connectivity index (χ0v) is 19.9. The third kappa shape index (κ3) is 2.41. The number of ketones is 2. The maximum absolute atomic E-state index is 12.6. The minimum Gasteiger partial charge on any atom is -0.504 e. The van der Waals surface area contributed by atoms with Crippen molar-refractivity contribution < 1.29 is 14.7 Å². The van der Waals surface area contributed by atoms with E-state index < -0.39 is 0 Å². The third-order valence-electron chi connectivity index (χ3n) is 10.7. The molecule has 6 atom stereocenters. The van der Waals surface area contributed by atoms with E-state index in [2.05, 4.69) is 46.8 Å². The summed E-state index contributed by atoms with van der Waals surface area (Å²) >= 11 is 0. The molecule has 2 unspecified atom stereocenters. The zero-order valence-electron chi connectivity index (χ0n) is 19.9. The van der Waals surface area contributed by atoms with Gasteiger partial charge in [-0.15, -0.1) is 0 Å². The van der Waals surface area contributed by atoms with E-state index in [4.69, 9.17) is 0 Å². The first-order valence-electron chi connectivity index (χ1n) is 12.0. The number of hydrogen-bond acceptors (Lipinski definition) is 3. The lowest BCUT2D eigenvalue weighted by Gasteiger charge is -2.69. The van der Waals surface area contributed by atoms with Crippen LogP contribution in [0, 0.1) is 33.5 Å². The Labute approximate surface area is 186 Å². The Hall–Kier alpha value is -1.90. The standard InChI is InChI=1S/C28H36O3/c1-16-13-23-25(3,15-21(16)30)9-11-27(5)22-8-7-18-17(2)24(31)20(29)14-19(18)26(22,4)10-12-28(23,27)6/h7-8,14,16,23,31H,9-13,15H2,1-6H3/t16?,23?,25-,26-,27+,28-/m0/s1. The molecule has 0 aromatic rings. The lowest BCUT2D eigenvalue weighted by atomic mass is 9.35. The molecule has 31 heavy (non-hydrogen) atoms. The summed E-state index contributed by atoms with van der Waals surface area (Å²) in [6.45, 7) is 13.6. The number of aliphatic hydroxyl groups excluding tert-OH is 1. The molecule has 0 aromatic carbocycles. The Morgan fingerprint density at radius 1 is 1.00 bits per heavy atom. The quantitative estimate of drug-likeness (QED) is 0.492. The predicted molar refractivity (Wildman–Crippen MR) is 122 cm³/mol. The van der Waals surface area contributed by atoms with E-state index in [-0.39, 0.29) is 39.1 Å². The van der Waals surface area contributed by atoms with Gasteiger partial charge in [-0.25, -0.2) is 0 Å². The Bertz CT molecular complexity index is 1040. The highest BCUT2D eigenvalue weighted by Crippen LogP contribution is 2.74. The number of hydrogen-bond donors (Lipinski definition) is 1. The molecule has 0 heterocycles. The molecule has 0 amide bonds. The number of rotatable bonds is 0. The molecule has 5 rings (SSSR count). The second-order valence-corrected chi connectivity index (χ2v) is 12.1. The topological polar surface area (TPSA) is 54.4 Å². The van der Waals surface area contributed by atoms with Gasteiger partial charge < -0.3 is 5.11 Å². The molecule has 0 aliphatic heterocycles. The fraction of sp³-hybridized carbons (Fsp3) is 0.643. The van der Waals surface area contributed by atoms with E-state index in [1.165, 1.54) is 5.57 Å². The molecule has 1 N–H and O–H groups in total. The molecule has 3 saturated carbocycles. The van der Waals surface area contributed by atoms with Crippen molar-refractivity contribution in [1.29, 1.82) is 0 Å². The molecule has 0 radical (unpaired) electrons. The van der Waals surface area contributed by atoms with Crippen LogP contribution in [-0.2, 0) is 9.59 Å². The minimum atomic E-state index is -0.263. The van der Waals surface area contributed by atoms with Gasteiger partial charge in [0.1, 0.15) is 5.78 Å². The number of aliphatic hydroxyl groups is 1. The van der Waals surface area contributed by atoms with Crippen LogP contribution in [0.1, 0.15) is 80.1 Å². The van der Waals surface area contributed by atoms with Gasteiger partial charge in [0.05, 0.1) is 0 Å². The highest BCUT2D eigenvalue weighted by Gasteiger charge is 2.66. The Morgan fingerprint density at radius 2 is 1.71 bits per heavy atom. The third-order valence-corrected chi connectivity index (χ3v) is 10.7. The van der Waals surface area contributed by atoms with Crippen molar-refractivity contribution in [2.75, 3.05) is 0 Å². The van der Waals surface area contributed by atoms with Crippen LogP contribution >= 0.6 is 0 Å². The van der Waals surface area contributed by atoms with Crippen molar-refractivity contribution in [1.82, 2.24) is 0 Å². The normalized spacial score (nSPS) is 46.8. The van der Waals surface area contributed by atoms with E-state index in [1.54, 1.807) is 6.08 Å². The monoisotopic (exact) mass is 420 g/mol. The molecule has 5 aliphatic rings. The molecule has 0 saturated heterocycles. The Morgan fingerprint density at radius 3 is 2.42 bits per heavy atom. The number of carbonyl (C=O) groups excluding carboxylic acids is 2. The van der Waals surface area contributed by atoms with Gasteiger partial charge in [-0.2, -0.15) is 0 Å². The molecule has 3 nitrogen and oxygen atoms in total. The van der Waals surface area contributed by atoms with Crippen LogP contribution in [0.15, 0.2) is 46.3 Å². The van der Waals surface area contributed by atoms with E-state index in [9.17, 15) is 14.7 Å². The first-order chi connectivity index (χ1) is 14.4. The first-order valence-corrected chi connectivity index (χ1v) is 12.0. The lowest BCUT2D eigenvalue weighted by Crippen LogP contribution is -2.61. The Kier molecular flexibility index (Phi) is 4.14. The van der Waals surface area contributed by atoms with Gasteiger partial charge in [0.25, 0.3) is 0 Å². The van der Waals surface area contributed by atoms with Gasteiger partial charge in [-0.05, 0) is 78.4 Å². The summed E-state index contributed by atoms with van der Waals surface area (Å²) in [4.78, 5) is 25.2. The van der Waals surface area contributed by atoms with E-state index in [0.717, 1.165) is 49.7 Å². The highest BCUT2D eigenvalue weighted by molar-refractivity contribution is 6.06. The summed E-state index contributed by atoms with van der Waals surface area (Å²) in [7, 11) is 0. The maximum Gasteiger partial charge on any atom is 0.220 e. The largest absolute Gasteiger partial charge is 0.504 e. The second-order valence-electron chi connectivity index (χ2n) is 12.1. The minimum absolute atomic E-state index is 0.0350. The van der Waals surface area contributed by atoms with Crippen molar-refractivity contribution in [2.24, 2.45) is 33.5 Å². The van der Waals surface area contributed by atoms with E-state index >= 15 is 0 Å². The molecule has 0 spiro atoms. The lowest BCUT2D eigenvalue weighted by molar-refractivity contribution is -0.161. The summed E-state index contributed by atoms with van der Waals surface area (Å²) in [5, 5.41) is 10.2. The van der Waals surface area contributed by atoms with Crippen LogP contribution in [0.2, 0.25) is 0 Å². The average molecular weight is 421 g/mol. The molecular formula is C28H36O3. The fourth-order valence-corrected chi connectivity index (χ4v) is 8.39. The van der Waals surface area contributed by atoms with Crippen LogP contribution in [0.4, 0.5) is 0 Å². The van der Waals surface area contributed by atoms with Crippen molar-refractivity contribution in [3.63, 3.8) is 0 Å². The van der Waals surface area contributed by atoms with Crippen molar-refractivity contribution in [3.05, 3.63) is 46.3 Å². The maximum atomic E-state index is 12.6. The fourth-order valence-electron chi connectivity index (χ4n) is 8.39. The number of carbonyl (C=O) groups is 2. The van der Waals surface area contributed by atoms with Gasteiger partial charge in [0, 0.05) is 23.3 Å². The van der Waals surface area contributed by atoms with E-state index in [0.29, 0.717) is 17.3 Å². The summed E-state index contributed by atoms with van der Waals surface area (Å²) in [5.41, 5.74) is 4.37. The summed E-state index contributed by atoms with van der Waals surface area (Å²) in [5.74, 6) is 0.767. The smallest absolute Gasteiger partial charge is 0.220 e. The number of fused-ring (bicyclic) bond motifs is 7. The van der Waals surface area contributed by atoms with Gasteiger partial charge in [0.2, 0.25) is 5.78 Å². The van der Waals surface area contributed by atoms with Crippen LogP contribution in [-0.4, -0.2) is 16.7 Å². The molecular weight excluding hydrogens is 384 g/mol. The first kappa shape index (κ1) is 21.0. The van der Waals surface area contributed by atoms with E-state index in [1.807, 2.05) is 6.92 Å².